The molecule has 3 aromatic heterocycles. The molecule has 3 heteroatoms. The zero-order chi connectivity index (χ0) is 19.2. The fraction of sp³-hybridized carbons (Fsp3) is 0.200. The van der Waals surface area contributed by atoms with Crippen molar-refractivity contribution in [3.8, 4) is 0 Å². The van der Waals surface area contributed by atoms with E-state index in [1.165, 1.54) is 54.7 Å². The number of hydrogen-bond donors (Lipinski definition) is 0. The zero-order valence-electron chi connectivity index (χ0n) is 16.6. The van der Waals surface area contributed by atoms with Crippen LogP contribution in [0.25, 0.3) is 49.1 Å². The number of hydrogen-bond acceptors (Lipinski definition) is 1. The van der Waals surface area contributed by atoms with Gasteiger partial charge in [-0.2, -0.15) is 0 Å². The Bertz CT molecular complexity index is 1550. The van der Waals surface area contributed by atoms with Gasteiger partial charge >= 0.3 is 0 Å². The minimum Gasteiger partial charge on any atom is -0.308 e. The van der Waals surface area contributed by atoms with Gasteiger partial charge in [-0.3, -0.25) is 0 Å². The number of benzene rings is 3. The third kappa shape index (κ3) is 1.79. The summed E-state index contributed by atoms with van der Waals surface area (Å²) in [5.74, 6) is 0.514. The normalized spacial score (nSPS) is 12.6. The first-order valence-electron chi connectivity index (χ1n) is 9.92. The van der Waals surface area contributed by atoms with E-state index in [-0.39, 0.29) is 0 Å². The van der Waals surface area contributed by atoms with Gasteiger partial charge in [0.15, 0.2) is 5.52 Å². The molecule has 0 unspecified atom stereocenters. The summed E-state index contributed by atoms with van der Waals surface area (Å²) < 4.78 is 4.63. The highest BCUT2D eigenvalue weighted by atomic mass is 15.0. The lowest BCUT2D eigenvalue weighted by molar-refractivity contribution is -0.646. The van der Waals surface area contributed by atoms with Crippen molar-refractivity contribution in [3.63, 3.8) is 0 Å². The highest BCUT2D eigenvalue weighted by Gasteiger charge is 2.23. The van der Waals surface area contributed by atoms with E-state index in [1.54, 1.807) is 0 Å². The lowest BCUT2D eigenvalue weighted by Gasteiger charge is -2.12. The van der Waals surface area contributed by atoms with Gasteiger partial charge in [0.1, 0.15) is 5.52 Å². The van der Waals surface area contributed by atoms with Crippen LogP contribution in [0.15, 0.2) is 54.9 Å². The quantitative estimate of drug-likeness (QED) is 0.210. The van der Waals surface area contributed by atoms with E-state index >= 15 is 0 Å². The van der Waals surface area contributed by atoms with Crippen molar-refractivity contribution in [1.82, 2.24) is 9.38 Å². The smallest absolute Gasteiger partial charge is 0.287 e. The highest BCUT2D eigenvalue weighted by Crippen LogP contribution is 2.40. The summed E-state index contributed by atoms with van der Waals surface area (Å²) in [5, 5.41) is 5.23. The van der Waals surface area contributed by atoms with Crippen LogP contribution in [0.4, 0.5) is 0 Å². The molecule has 0 aliphatic rings. The molecule has 6 aromatic rings. The Morgan fingerprint density at radius 3 is 2.61 bits per heavy atom. The van der Waals surface area contributed by atoms with E-state index < -0.39 is 0 Å². The molecule has 28 heavy (non-hydrogen) atoms. The van der Waals surface area contributed by atoms with Crippen molar-refractivity contribution in [2.45, 2.75) is 26.7 Å². The van der Waals surface area contributed by atoms with Crippen LogP contribution in [0.1, 0.15) is 30.9 Å². The Kier molecular flexibility index (Phi) is 2.94. The van der Waals surface area contributed by atoms with Gasteiger partial charge in [0.25, 0.3) is 6.33 Å². The predicted octanol–water partition coefficient (Wildman–Crippen LogP) is 5.64. The third-order valence-electron chi connectivity index (χ3n) is 6.29. The lowest BCUT2D eigenvalue weighted by atomic mass is 9.99. The molecule has 6 rings (SSSR count). The molecule has 0 aliphatic carbocycles. The van der Waals surface area contributed by atoms with Crippen LogP contribution >= 0.6 is 0 Å². The second kappa shape index (κ2) is 5.20. The first-order valence-corrected chi connectivity index (χ1v) is 9.92. The molecule has 0 amide bonds. The van der Waals surface area contributed by atoms with Crippen molar-refractivity contribution >= 4 is 49.1 Å². The Morgan fingerprint density at radius 1 is 0.929 bits per heavy atom. The van der Waals surface area contributed by atoms with Crippen molar-refractivity contribution < 1.29 is 4.57 Å². The van der Waals surface area contributed by atoms with E-state index in [2.05, 4.69) is 85.3 Å². The SMILES string of the molecule is Cc1ccc2c3cc(C(C)C)ccc3n3c4cccc5nc[n+](C)c(c1c23)c54. The topological polar surface area (TPSA) is 21.2 Å². The van der Waals surface area contributed by atoms with Crippen LogP contribution < -0.4 is 4.57 Å². The van der Waals surface area contributed by atoms with Gasteiger partial charge in [0.2, 0.25) is 0 Å². The number of nitrogens with zero attached hydrogens (tertiary/aromatic N) is 3. The van der Waals surface area contributed by atoms with Crippen LogP contribution in [0.3, 0.4) is 0 Å². The first kappa shape index (κ1) is 15.8. The van der Waals surface area contributed by atoms with Crippen LogP contribution in [-0.4, -0.2) is 9.38 Å². The minimum absolute atomic E-state index is 0.514. The lowest BCUT2D eigenvalue weighted by Crippen LogP contribution is -2.30. The Balaban J connectivity index is 2.04. The van der Waals surface area contributed by atoms with E-state index in [0.717, 1.165) is 5.52 Å². The molecular weight excluding hydrogens is 342 g/mol. The zero-order valence-corrected chi connectivity index (χ0v) is 16.6. The standard InChI is InChI=1S/C25H22N3/c1-14(2)16-9-11-20-18(12-16)17-10-8-15(3)22-24(17)28(20)21-7-5-6-19-23(21)25(22)27(4)13-26-19/h5-14H,1-4H3/q+1. The molecular formula is C25H22N3+. The van der Waals surface area contributed by atoms with Crippen LogP contribution in [0.2, 0.25) is 0 Å². The summed E-state index contributed by atoms with van der Waals surface area (Å²) >= 11 is 0. The summed E-state index contributed by atoms with van der Waals surface area (Å²) in [6.07, 6.45) is 1.94. The average molecular weight is 364 g/mol. The molecule has 0 fully saturated rings. The molecule has 3 heterocycles. The molecule has 0 saturated heterocycles. The number of rotatable bonds is 1. The number of aromatic nitrogens is 3. The van der Waals surface area contributed by atoms with Crippen LogP contribution in [0.5, 0.6) is 0 Å². The number of aryl methyl sites for hydroxylation is 2. The molecule has 3 aromatic carbocycles. The Labute approximate surface area is 163 Å². The van der Waals surface area contributed by atoms with Gasteiger partial charge < -0.3 is 4.40 Å². The maximum absolute atomic E-state index is 4.70. The van der Waals surface area contributed by atoms with Gasteiger partial charge in [-0.05, 0) is 53.2 Å². The summed E-state index contributed by atoms with van der Waals surface area (Å²) in [5.41, 5.74) is 8.82. The molecule has 0 saturated carbocycles. The molecule has 3 nitrogen and oxygen atoms in total. The molecule has 0 aliphatic heterocycles. The fourth-order valence-corrected chi connectivity index (χ4v) is 4.88. The van der Waals surface area contributed by atoms with Crippen LogP contribution in [0, 0.1) is 6.92 Å². The van der Waals surface area contributed by atoms with Gasteiger partial charge in [0.05, 0.1) is 29.0 Å². The van der Waals surface area contributed by atoms with Crippen LogP contribution in [-0.2, 0) is 7.05 Å². The average Bonchev–Trinajstić information content (AvgIpc) is 3.02. The number of pyridine rings is 1. The highest BCUT2D eigenvalue weighted by molar-refractivity contribution is 6.25. The monoisotopic (exact) mass is 364 g/mol. The molecule has 0 radical (unpaired) electrons. The second-order valence-electron chi connectivity index (χ2n) is 8.30. The van der Waals surface area contributed by atoms with Crippen molar-refractivity contribution in [3.05, 3.63) is 66.0 Å². The molecule has 0 atom stereocenters. The Hall–Kier alpha value is -3.20. The maximum atomic E-state index is 4.70. The second-order valence-corrected chi connectivity index (χ2v) is 8.30. The largest absolute Gasteiger partial charge is 0.308 e. The van der Waals surface area contributed by atoms with Crippen molar-refractivity contribution in [2.24, 2.45) is 7.05 Å². The maximum Gasteiger partial charge on any atom is 0.287 e. The summed E-state index contributed by atoms with van der Waals surface area (Å²) in [7, 11) is 2.10. The van der Waals surface area contributed by atoms with Gasteiger partial charge in [-0.25, -0.2) is 4.57 Å². The van der Waals surface area contributed by atoms with Crippen molar-refractivity contribution in [2.75, 3.05) is 0 Å². The predicted molar refractivity (Wildman–Crippen MR) is 116 cm³/mol. The molecule has 136 valence electrons. The summed E-state index contributed by atoms with van der Waals surface area (Å²) in [6, 6.07) is 18.0. The number of fused-ring (bicyclic) bond motifs is 5. The van der Waals surface area contributed by atoms with Crippen molar-refractivity contribution in [1.29, 1.82) is 0 Å². The van der Waals surface area contributed by atoms with E-state index in [1.807, 2.05) is 6.33 Å². The van der Waals surface area contributed by atoms with E-state index in [4.69, 9.17) is 4.98 Å². The van der Waals surface area contributed by atoms with E-state index in [9.17, 15) is 0 Å². The third-order valence-corrected chi connectivity index (χ3v) is 6.29. The Morgan fingerprint density at radius 2 is 1.79 bits per heavy atom. The fourth-order valence-electron chi connectivity index (χ4n) is 4.88. The molecule has 0 spiro atoms. The molecule has 0 bridgehead atoms. The van der Waals surface area contributed by atoms with Gasteiger partial charge in [-0.1, -0.05) is 38.1 Å². The first-order chi connectivity index (χ1) is 13.6. The summed E-state index contributed by atoms with van der Waals surface area (Å²) in [6.45, 7) is 6.74. The van der Waals surface area contributed by atoms with Gasteiger partial charge in [-0.15, -0.1) is 0 Å². The van der Waals surface area contributed by atoms with E-state index in [0.29, 0.717) is 5.92 Å². The van der Waals surface area contributed by atoms with Gasteiger partial charge in [0, 0.05) is 16.2 Å². The minimum atomic E-state index is 0.514. The molecule has 0 N–H and O–H groups in total. The summed E-state index contributed by atoms with van der Waals surface area (Å²) in [4.78, 5) is 4.70.